The summed E-state index contributed by atoms with van der Waals surface area (Å²) in [6.07, 6.45) is 52.3. The van der Waals surface area contributed by atoms with Gasteiger partial charge in [-0.1, -0.05) is 157 Å². The monoisotopic (exact) mass is 863 g/mol. The predicted molar refractivity (Wildman–Crippen MR) is 252 cm³/mol. The Kier molecular flexibility index (Phi) is 40.0. The minimum Gasteiger partial charge on any atom is -0.462 e. The number of hydrogen-bond acceptors (Lipinski definition) is 7. The summed E-state index contributed by atoms with van der Waals surface area (Å²) in [6.45, 7) is 4.25. The SMILES string of the molecule is CC/C=C\C/C=C\C/C=C\C/C=C\CCCCCCCCC(=O)OC(COC(=O)CCCCCCCCC/C=C\C/C=C\CCCCC)COP(=O)(O)OCC[N+](C)(C)C. The van der Waals surface area contributed by atoms with E-state index in [1.807, 2.05) is 21.1 Å². The van der Waals surface area contributed by atoms with Crippen molar-refractivity contribution in [2.24, 2.45) is 0 Å². The predicted octanol–water partition coefficient (Wildman–Crippen LogP) is 13.8. The summed E-state index contributed by atoms with van der Waals surface area (Å²) in [5.74, 6) is -0.828. The zero-order valence-corrected chi connectivity index (χ0v) is 39.8. The number of carbonyl (C=O) groups is 2. The number of likely N-dealkylation sites (N-methyl/N-ethyl adjacent to an activating group) is 1. The molecule has 0 spiro atoms. The van der Waals surface area contributed by atoms with Gasteiger partial charge in [0.05, 0.1) is 27.7 Å². The largest absolute Gasteiger partial charge is 0.472 e. The van der Waals surface area contributed by atoms with Crippen molar-refractivity contribution in [3.05, 3.63) is 72.9 Å². The normalized spacial score (nSPS) is 14.2. The lowest BCUT2D eigenvalue weighted by Gasteiger charge is -2.24. The highest BCUT2D eigenvalue weighted by Gasteiger charge is 2.27. The quantitative estimate of drug-likeness (QED) is 0.0212. The van der Waals surface area contributed by atoms with Crippen molar-refractivity contribution < 1.29 is 42.1 Å². The van der Waals surface area contributed by atoms with Gasteiger partial charge in [0.2, 0.25) is 0 Å². The summed E-state index contributed by atoms with van der Waals surface area (Å²) in [6, 6.07) is 0. The Labute approximate surface area is 368 Å². The standard InChI is InChI=1S/C50H88NO8P/c1-6-8-10-12-14-16-18-20-22-24-25-27-29-31-33-35-37-39-41-43-50(53)59-48(47-58-60(54,55)57-45-44-51(3,4)5)46-56-49(52)42-40-38-36-34-32-30-28-26-23-21-19-17-15-13-11-9-7-2/h8,10,14-17,20-23,25,27,48H,6-7,9,11-13,18-19,24,26,28-47H2,1-5H3/p+1/b10-8-,16-14-,17-15-,22-20-,23-21-,27-25-. The van der Waals surface area contributed by atoms with E-state index in [4.69, 9.17) is 18.5 Å². The van der Waals surface area contributed by atoms with Crippen molar-refractivity contribution in [3.63, 3.8) is 0 Å². The van der Waals surface area contributed by atoms with Crippen LogP contribution < -0.4 is 0 Å². The molecule has 0 aromatic carbocycles. The number of hydrogen-bond donors (Lipinski definition) is 1. The van der Waals surface area contributed by atoms with Crippen LogP contribution in [0.5, 0.6) is 0 Å². The molecule has 0 aromatic rings. The van der Waals surface area contributed by atoms with Gasteiger partial charge in [-0.2, -0.15) is 0 Å². The maximum atomic E-state index is 12.7. The van der Waals surface area contributed by atoms with Crippen LogP contribution in [0.15, 0.2) is 72.9 Å². The number of unbranched alkanes of at least 4 members (excludes halogenated alkanes) is 16. The molecule has 2 unspecified atom stereocenters. The zero-order chi connectivity index (χ0) is 44.3. The van der Waals surface area contributed by atoms with E-state index in [0.717, 1.165) is 103 Å². The molecule has 0 saturated carbocycles. The lowest BCUT2D eigenvalue weighted by Crippen LogP contribution is -2.37. The Hall–Kier alpha value is -2.55. The first kappa shape index (κ1) is 57.4. The first-order chi connectivity index (χ1) is 29.0. The summed E-state index contributed by atoms with van der Waals surface area (Å²) >= 11 is 0. The summed E-state index contributed by atoms with van der Waals surface area (Å²) in [5.41, 5.74) is 0. The molecule has 9 nitrogen and oxygen atoms in total. The Morgan fingerprint density at radius 2 is 0.950 bits per heavy atom. The van der Waals surface area contributed by atoms with Crippen LogP contribution in [0.2, 0.25) is 0 Å². The second-order valence-corrected chi connectivity index (χ2v) is 18.2. The molecule has 0 heterocycles. The van der Waals surface area contributed by atoms with Crippen molar-refractivity contribution in [1.82, 2.24) is 0 Å². The number of quaternary nitrogens is 1. The lowest BCUT2D eigenvalue weighted by molar-refractivity contribution is -0.870. The molecule has 0 rings (SSSR count). The third kappa shape index (κ3) is 45.0. The number of rotatable bonds is 42. The van der Waals surface area contributed by atoms with E-state index in [-0.39, 0.29) is 32.0 Å². The molecule has 2 atom stereocenters. The molecule has 0 radical (unpaired) electrons. The van der Waals surface area contributed by atoms with Crippen LogP contribution in [0.3, 0.4) is 0 Å². The van der Waals surface area contributed by atoms with E-state index in [9.17, 15) is 19.0 Å². The molecule has 0 aliphatic carbocycles. The van der Waals surface area contributed by atoms with Gasteiger partial charge in [-0.3, -0.25) is 18.6 Å². The summed E-state index contributed by atoms with van der Waals surface area (Å²) in [4.78, 5) is 35.5. The highest BCUT2D eigenvalue weighted by Crippen LogP contribution is 2.43. The van der Waals surface area contributed by atoms with Gasteiger partial charge in [0.15, 0.2) is 6.10 Å². The fraction of sp³-hybridized carbons (Fsp3) is 0.720. The van der Waals surface area contributed by atoms with Gasteiger partial charge in [-0.15, -0.1) is 0 Å². The van der Waals surface area contributed by atoms with Crippen LogP contribution in [-0.4, -0.2) is 74.9 Å². The third-order valence-electron chi connectivity index (χ3n) is 9.72. The van der Waals surface area contributed by atoms with Gasteiger partial charge >= 0.3 is 19.8 Å². The Morgan fingerprint density at radius 3 is 1.42 bits per heavy atom. The Morgan fingerprint density at radius 1 is 0.533 bits per heavy atom. The smallest absolute Gasteiger partial charge is 0.462 e. The topological polar surface area (TPSA) is 108 Å². The van der Waals surface area contributed by atoms with Crippen LogP contribution in [-0.2, 0) is 32.7 Å². The maximum Gasteiger partial charge on any atom is 0.472 e. The van der Waals surface area contributed by atoms with Crippen LogP contribution in [0.25, 0.3) is 0 Å². The zero-order valence-electron chi connectivity index (χ0n) is 38.9. The van der Waals surface area contributed by atoms with Crippen LogP contribution in [0.1, 0.15) is 181 Å². The van der Waals surface area contributed by atoms with Crippen LogP contribution in [0.4, 0.5) is 0 Å². The molecular formula is C50H89NO8P+. The van der Waals surface area contributed by atoms with Gasteiger partial charge in [0.1, 0.15) is 19.8 Å². The fourth-order valence-corrected chi connectivity index (χ4v) is 6.78. The summed E-state index contributed by atoms with van der Waals surface area (Å²) < 4.78 is 34.4. The number of allylic oxidation sites excluding steroid dienone is 12. The molecule has 10 heteroatoms. The first-order valence-electron chi connectivity index (χ1n) is 23.7. The van der Waals surface area contributed by atoms with E-state index >= 15 is 0 Å². The van der Waals surface area contributed by atoms with Crippen molar-refractivity contribution in [2.75, 3.05) is 47.5 Å². The molecule has 0 saturated heterocycles. The van der Waals surface area contributed by atoms with Gasteiger partial charge in [0, 0.05) is 12.8 Å². The molecule has 0 aliphatic heterocycles. The van der Waals surface area contributed by atoms with E-state index in [0.29, 0.717) is 17.4 Å². The highest BCUT2D eigenvalue weighted by molar-refractivity contribution is 7.47. The molecule has 1 N–H and O–H groups in total. The molecule has 0 bridgehead atoms. The number of esters is 2. The second-order valence-electron chi connectivity index (χ2n) is 16.8. The van der Waals surface area contributed by atoms with E-state index in [2.05, 4.69) is 86.8 Å². The van der Waals surface area contributed by atoms with Gasteiger partial charge in [-0.25, -0.2) is 4.57 Å². The molecule has 0 aliphatic rings. The van der Waals surface area contributed by atoms with Crippen molar-refractivity contribution in [1.29, 1.82) is 0 Å². The number of nitrogens with zero attached hydrogens (tertiary/aromatic N) is 1. The highest BCUT2D eigenvalue weighted by atomic mass is 31.2. The number of ether oxygens (including phenoxy) is 2. The minimum absolute atomic E-state index is 0.0237. The third-order valence-corrected chi connectivity index (χ3v) is 10.7. The van der Waals surface area contributed by atoms with E-state index in [1.54, 1.807) is 0 Å². The maximum absolute atomic E-state index is 12.7. The van der Waals surface area contributed by atoms with E-state index in [1.165, 1.54) is 44.9 Å². The summed E-state index contributed by atoms with van der Waals surface area (Å²) in [5, 5.41) is 0. The minimum atomic E-state index is -4.39. The van der Waals surface area contributed by atoms with Crippen molar-refractivity contribution in [3.8, 4) is 0 Å². The number of carbonyl (C=O) groups excluding carboxylic acids is 2. The first-order valence-corrected chi connectivity index (χ1v) is 25.2. The molecule has 0 fully saturated rings. The number of phosphoric ester groups is 1. The molecule has 60 heavy (non-hydrogen) atoms. The molecule has 0 amide bonds. The second kappa shape index (κ2) is 41.8. The fourth-order valence-electron chi connectivity index (χ4n) is 6.03. The molecule has 0 aromatic heterocycles. The lowest BCUT2D eigenvalue weighted by atomic mass is 10.1. The van der Waals surface area contributed by atoms with Crippen molar-refractivity contribution in [2.45, 2.75) is 187 Å². The molecule has 346 valence electrons. The van der Waals surface area contributed by atoms with Gasteiger partial charge in [0.25, 0.3) is 0 Å². The van der Waals surface area contributed by atoms with E-state index < -0.39 is 26.5 Å². The number of phosphoric acid groups is 1. The average molecular weight is 863 g/mol. The van der Waals surface area contributed by atoms with Crippen LogP contribution in [0, 0.1) is 0 Å². The summed E-state index contributed by atoms with van der Waals surface area (Å²) in [7, 11) is 1.45. The van der Waals surface area contributed by atoms with Crippen molar-refractivity contribution >= 4 is 19.8 Å². The molecular weight excluding hydrogens is 774 g/mol. The van der Waals surface area contributed by atoms with Gasteiger partial charge in [-0.05, 0) is 83.5 Å². The van der Waals surface area contributed by atoms with Gasteiger partial charge < -0.3 is 18.9 Å². The average Bonchev–Trinajstić information content (AvgIpc) is 3.20. The Balaban J connectivity index is 4.37. The van der Waals surface area contributed by atoms with Crippen LogP contribution >= 0.6 is 7.82 Å². The Bertz CT molecular complexity index is 1250.